The number of hydrogen-bond donors (Lipinski definition) is 1. The largest absolute Gasteiger partial charge is 0.279 e. The lowest BCUT2D eigenvalue weighted by Crippen LogP contribution is -1.90. The van der Waals surface area contributed by atoms with Crippen LogP contribution in [0.2, 0.25) is 0 Å². The van der Waals surface area contributed by atoms with E-state index in [1.165, 1.54) is 12.1 Å². The van der Waals surface area contributed by atoms with E-state index in [0.717, 1.165) is 24.2 Å². The summed E-state index contributed by atoms with van der Waals surface area (Å²) < 4.78 is 0. The van der Waals surface area contributed by atoms with Crippen LogP contribution >= 0.6 is 0 Å². The first-order chi connectivity index (χ1) is 6.75. The highest BCUT2D eigenvalue weighted by atomic mass is 16.6. The minimum atomic E-state index is -0.420. The van der Waals surface area contributed by atoms with E-state index in [-0.39, 0.29) is 5.69 Å². The van der Waals surface area contributed by atoms with E-state index in [4.69, 9.17) is 0 Å². The second kappa shape index (κ2) is 3.45. The van der Waals surface area contributed by atoms with Gasteiger partial charge in [0.25, 0.3) is 5.69 Å². The predicted octanol–water partition coefficient (Wildman–Crippen LogP) is 2.16. The minimum Gasteiger partial charge on any atom is -0.279 e. The zero-order valence-electron chi connectivity index (χ0n) is 7.43. The summed E-state index contributed by atoms with van der Waals surface area (Å²) in [6.45, 7) is 0. The van der Waals surface area contributed by atoms with Gasteiger partial charge in [-0.15, -0.1) is 0 Å². The second-order valence-electron chi connectivity index (χ2n) is 3.09. The van der Waals surface area contributed by atoms with Gasteiger partial charge in [0.2, 0.25) is 0 Å². The SMILES string of the molecule is O=[N+]([O-])c1ccc(NN=C2CC2)cc1. The number of hydrazone groups is 1. The van der Waals surface area contributed by atoms with E-state index >= 15 is 0 Å². The smallest absolute Gasteiger partial charge is 0.269 e. The molecule has 1 N–H and O–H groups in total. The Bertz CT molecular complexity index is 378. The number of rotatable bonds is 3. The highest BCUT2D eigenvalue weighted by Crippen LogP contribution is 2.17. The molecule has 1 fully saturated rings. The van der Waals surface area contributed by atoms with Gasteiger partial charge < -0.3 is 0 Å². The number of nitrogens with zero attached hydrogens (tertiary/aromatic N) is 2. The van der Waals surface area contributed by atoms with Crippen LogP contribution in [0.25, 0.3) is 0 Å². The third kappa shape index (κ3) is 2.07. The fourth-order valence-corrected chi connectivity index (χ4v) is 0.969. The van der Waals surface area contributed by atoms with Gasteiger partial charge in [0.1, 0.15) is 0 Å². The van der Waals surface area contributed by atoms with Crippen molar-refractivity contribution in [2.24, 2.45) is 5.10 Å². The van der Waals surface area contributed by atoms with E-state index in [9.17, 15) is 10.1 Å². The lowest BCUT2D eigenvalue weighted by Gasteiger charge is -1.97. The van der Waals surface area contributed by atoms with E-state index < -0.39 is 4.92 Å². The second-order valence-corrected chi connectivity index (χ2v) is 3.09. The molecule has 0 amide bonds. The van der Waals surface area contributed by atoms with Crippen LogP contribution in [0, 0.1) is 10.1 Å². The first-order valence-electron chi connectivity index (χ1n) is 4.31. The molecule has 0 spiro atoms. The molecule has 0 aliphatic heterocycles. The lowest BCUT2D eigenvalue weighted by molar-refractivity contribution is -0.384. The molecule has 2 rings (SSSR count). The summed E-state index contributed by atoms with van der Waals surface area (Å²) in [4.78, 5) is 9.93. The van der Waals surface area contributed by atoms with Crippen LogP contribution in [-0.2, 0) is 0 Å². The van der Waals surface area contributed by atoms with Gasteiger partial charge in [0.05, 0.1) is 10.6 Å². The number of nitrogens with one attached hydrogen (secondary N) is 1. The molecule has 0 aromatic heterocycles. The van der Waals surface area contributed by atoms with Crippen molar-refractivity contribution in [2.75, 3.05) is 5.43 Å². The number of non-ortho nitro benzene ring substituents is 1. The third-order valence-corrected chi connectivity index (χ3v) is 1.89. The zero-order valence-corrected chi connectivity index (χ0v) is 7.43. The van der Waals surface area contributed by atoms with E-state index in [1.54, 1.807) is 12.1 Å². The first-order valence-corrected chi connectivity index (χ1v) is 4.31. The van der Waals surface area contributed by atoms with Crippen molar-refractivity contribution in [2.45, 2.75) is 12.8 Å². The molecule has 0 radical (unpaired) electrons. The average Bonchev–Trinajstić information content (AvgIpc) is 2.99. The molecule has 5 nitrogen and oxygen atoms in total. The van der Waals surface area contributed by atoms with Gasteiger partial charge in [-0.25, -0.2) is 0 Å². The number of hydrogen-bond acceptors (Lipinski definition) is 4. The summed E-state index contributed by atoms with van der Waals surface area (Å²) >= 11 is 0. The maximum Gasteiger partial charge on any atom is 0.269 e. The molecule has 1 aromatic carbocycles. The van der Waals surface area contributed by atoms with Crippen molar-refractivity contribution < 1.29 is 4.92 Å². The summed E-state index contributed by atoms with van der Waals surface area (Å²) in [7, 11) is 0. The topological polar surface area (TPSA) is 67.5 Å². The molecule has 14 heavy (non-hydrogen) atoms. The molecule has 0 unspecified atom stereocenters. The molecular weight excluding hydrogens is 182 g/mol. The molecule has 1 aliphatic carbocycles. The van der Waals surface area contributed by atoms with Crippen LogP contribution in [0.4, 0.5) is 11.4 Å². The Kier molecular flexibility index (Phi) is 2.14. The molecule has 5 heteroatoms. The standard InChI is InChI=1S/C9H9N3O2/c13-12(14)9-5-3-8(4-6-9)11-10-7-1-2-7/h3-6,11H,1-2H2. The zero-order chi connectivity index (χ0) is 9.97. The van der Waals surface area contributed by atoms with E-state index in [0.29, 0.717) is 0 Å². The van der Waals surface area contributed by atoms with Crippen LogP contribution in [0.15, 0.2) is 29.4 Å². The molecule has 0 atom stereocenters. The lowest BCUT2D eigenvalue weighted by atomic mass is 10.3. The molecule has 1 aromatic rings. The number of nitro benzene ring substituents is 1. The van der Waals surface area contributed by atoms with Crippen LogP contribution in [-0.4, -0.2) is 10.6 Å². The van der Waals surface area contributed by atoms with Gasteiger partial charge >= 0.3 is 0 Å². The third-order valence-electron chi connectivity index (χ3n) is 1.89. The molecule has 0 heterocycles. The quantitative estimate of drug-likeness (QED) is 0.588. The fraction of sp³-hybridized carbons (Fsp3) is 0.222. The number of anilines is 1. The molecular formula is C9H9N3O2. The Hall–Kier alpha value is -1.91. The van der Waals surface area contributed by atoms with Crippen molar-refractivity contribution in [3.8, 4) is 0 Å². The van der Waals surface area contributed by atoms with Crippen LogP contribution < -0.4 is 5.43 Å². The van der Waals surface area contributed by atoms with E-state index in [1.807, 2.05) is 0 Å². The monoisotopic (exact) mass is 191 g/mol. The van der Waals surface area contributed by atoms with E-state index in [2.05, 4.69) is 10.5 Å². The highest BCUT2D eigenvalue weighted by molar-refractivity contribution is 5.98. The van der Waals surface area contributed by atoms with Gasteiger partial charge in [0.15, 0.2) is 0 Å². The van der Waals surface area contributed by atoms with Crippen LogP contribution in [0.1, 0.15) is 12.8 Å². The normalized spacial score (nSPS) is 13.6. The minimum absolute atomic E-state index is 0.0922. The van der Waals surface area contributed by atoms with Crippen molar-refractivity contribution in [3.05, 3.63) is 34.4 Å². The maximum absolute atomic E-state index is 10.3. The van der Waals surface area contributed by atoms with Gasteiger partial charge in [0, 0.05) is 17.8 Å². The van der Waals surface area contributed by atoms with Crippen LogP contribution in [0.5, 0.6) is 0 Å². The van der Waals surface area contributed by atoms with Gasteiger partial charge in [-0.05, 0) is 25.0 Å². The van der Waals surface area contributed by atoms with Gasteiger partial charge in [-0.3, -0.25) is 15.5 Å². The van der Waals surface area contributed by atoms with Crippen molar-refractivity contribution in [1.82, 2.24) is 0 Å². The van der Waals surface area contributed by atoms with Crippen molar-refractivity contribution in [1.29, 1.82) is 0 Å². The summed E-state index contributed by atoms with van der Waals surface area (Å²) in [6, 6.07) is 6.19. The van der Waals surface area contributed by atoms with Crippen molar-refractivity contribution in [3.63, 3.8) is 0 Å². The van der Waals surface area contributed by atoms with Gasteiger partial charge in [-0.2, -0.15) is 5.10 Å². The van der Waals surface area contributed by atoms with Crippen LogP contribution in [0.3, 0.4) is 0 Å². The fourth-order valence-electron chi connectivity index (χ4n) is 0.969. The summed E-state index contributed by atoms with van der Waals surface area (Å²) in [5.74, 6) is 0. The van der Waals surface area contributed by atoms with Gasteiger partial charge in [-0.1, -0.05) is 0 Å². The highest BCUT2D eigenvalue weighted by Gasteiger charge is 2.12. The summed E-state index contributed by atoms with van der Waals surface area (Å²) in [5.41, 5.74) is 4.85. The molecule has 1 aliphatic rings. The maximum atomic E-state index is 10.3. The predicted molar refractivity (Wildman–Crippen MR) is 53.4 cm³/mol. The number of nitro groups is 1. The number of benzene rings is 1. The Labute approximate surface area is 80.6 Å². The Balaban J connectivity index is 2.05. The Morgan fingerprint density at radius 3 is 2.43 bits per heavy atom. The molecule has 72 valence electrons. The Morgan fingerprint density at radius 2 is 1.93 bits per heavy atom. The molecule has 0 saturated heterocycles. The molecule has 1 saturated carbocycles. The summed E-state index contributed by atoms with van der Waals surface area (Å²) in [6.07, 6.45) is 2.11. The van der Waals surface area contributed by atoms with Crippen molar-refractivity contribution >= 4 is 17.1 Å². The average molecular weight is 191 g/mol. The summed E-state index contributed by atoms with van der Waals surface area (Å²) in [5, 5.41) is 14.4. The Morgan fingerprint density at radius 1 is 1.29 bits per heavy atom. The first kappa shape index (κ1) is 8.68. The molecule has 0 bridgehead atoms.